The summed E-state index contributed by atoms with van der Waals surface area (Å²) in [5.74, 6) is -0.0111. The van der Waals surface area contributed by atoms with Crippen molar-refractivity contribution >= 4 is 17.4 Å². The predicted octanol–water partition coefficient (Wildman–Crippen LogP) is 3.02. The van der Waals surface area contributed by atoms with Crippen molar-refractivity contribution in [3.63, 3.8) is 0 Å². The number of halogens is 2. The zero-order chi connectivity index (χ0) is 12.3. The van der Waals surface area contributed by atoms with Gasteiger partial charge in [0.05, 0.1) is 5.02 Å². The topological polar surface area (TPSA) is 26.3 Å². The van der Waals surface area contributed by atoms with Gasteiger partial charge in [0.2, 0.25) is 0 Å². The van der Waals surface area contributed by atoms with Gasteiger partial charge in [-0.15, -0.1) is 0 Å². The lowest BCUT2D eigenvalue weighted by Gasteiger charge is -2.06. The lowest BCUT2D eigenvalue weighted by Crippen LogP contribution is -2.10. The van der Waals surface area contributed by atoms with Crippen LogP contribution in [-0.2, 0) is 16.0 Å². The first kappa shape index (κ1) is 12.5. The van der Waals surface area contributed by atoms with Crippen LogP contribution in [0, 0.1) is 11.7 Å². The van der Waals surface area contributed by atoms with E-state index in [1.807, 2.05) is 0 Å². The van der Waals surface area contributed by atoms with Crippen LogP contribution in [0.25, 0.3) is 0 Å². The third kappa shape index (κ3) is 3.51. The van der Waals surface area contributed by atoms with E-state index in [0.29, 0.717) is 24.5 Å². The molecule has 0 amide bonds. The molecule has 1 aliphatic heterocycles. The third-order valence-electron chi connectivity index (χ3n) is 2.93. The van der Waals surface area contributed by atoms with E-state index in [0.717, 1.165) is 13.0 Å². The fourth-order valence-electron chi connectivity index (χ4n) is 2.02. The second kappa shape index (κ2) is 5.61. The maximum Gasteiger partial charge on any atom is 0.142 e. The fourth-order valence-corrected chi connectivity index (χ4v) is 2.13. The van der Waals surface area contributed by atoms with E-state index in [1.54, 1.807) is 6.07 Å². The molecule has 2 rings (SSSR count). The van der Waals surface area contributed by atoms with E-state index in [-0.39, 0.29) is 17.2 Å². The van der Waals surface area contributed by atoms with E-state index in [4.69, 9.17) is 16.3 Å². The van der Waals surface area contributed by atoms with Gasteiger partial charge in [0.25, 0.3) is 0 Å². The molecule has 0 spiro atoms. The maximum atomic E-state index is 13.2. The number of ketones is 1. The first-order valence-electron chi connectivity index (χ1n) is 5.68. The van der Waals surface area contributed by atoms with Crippen LogP contribution in [0.15, 0.2) is 18.2 Å². The average molecular weight is 257 g/mol. The normalized spacial score (nSPS) is 19.5. The van der Waals surface area contributed by atoms with Crippen LogP contribution in [0.1, 0.15) is 18.4 Å². The number of benzene rings is 1. The molecular weight excluding hydrogens is 243 g/mol. The predicted molar refractivity (Wildman–Crippen MR) is 63.7 cm³/mol. The summed E-state index contributed by atoms with van der Waals surface area (Å²) in [6.07, 6.45) is 1.73. The monoisotopic (exact) mass is 256 g/mol. The van der Waals surface area contributed by atoms with Crippen molar-refractivity contribution in [3.8, 4) is 0 Å². The summed E-state index contributed by atoms with van der Waals surface area (Å²) in [4.78, 5) is 11.8. The van der Waals surface area contributed by atoms with Gasteiger partial charge in [-0.1, -0.05) is 17.7 Å². The van der Waals surface area contributed by atoms with E-state index in [9.17, 15) is 9.18 Å². The Morgan fingerprint density at radius 2 is 2.35 bits per heavy atom. The van der Waals surface area contributed by atoms with Crippen molar-refractivity contribution in [1.82, 2.24) is 0 Å². The van der Waals surface area contributed by atoms with Crippen molar-refractivity contribution in [3.05, 3.63) is 34.6 Å². The molecular formula is C13H14ClFO2. The molecule has 1 atom stereocenters. The van der Waals surface area contributed by atoms with Gasteiger partial charge in [-0.3, -0.25) is 4.79 Å². The van der Waals surface area contributed by atoms with E-state index in [1.165, 1.54) is 12.1 Å². The van der Waals surface area contributed by atoms with E-state index < -0.39 is 5.82 Å². The number of hydrogen-bond acceptors (Lipinski definition) is 2. The molecule has 1 aromatic rings. The molecule has 0 saturated carbocycles. The van der Waals surface area contributed by atoms with Gasteiger partial charge in [-0.25, -0.2) is 4.39 Å². The second-order valence-electron chi connectivity index (χ2n) is 4.40. The second-order valence-corrected chi connectivity index (χ2v) is 4.80. The van der Waals surface area contributed by atoms with Crippen molar-refractivity contribution in [2.45, 2.75) is 19.3 Å². The number of Topliss-reactive ketones (excluding diaryl/α,β-unsaturated/α-hetero) is 1. The highest BCUT2D eigenvalue weighted by Gasteiger charge is 2.19. The molecule has 4 heteroatoms. The molecule has 0 aromatic heterocycles. The summed E-state index contributed by atoms with van der Waals surface area (Å²) in [7, 11) is 0. The minimum Gasteiger partial charge on any atom is -0.381 e. The molecule has 1 fully saturated rings. The molecule has 0 radical (unpaired) electrons. The zero-order valence-electron chi connectivity index (χ0n) is 9.42. The van der Waals surface area contributed by atoms with E-state index in [2.05, 4.69) is 0 Å². The highest BCUT2D eigenvalue weighted by atomic mass is 35.5. The Morgan fingerprint density at radius 1 is 1.53 bits per heavy atom. The van der Waals surface area contributed by atoms with Gasteiger partial charge < -0.3 is 4.74 Å². The number of carbonyl (C=O) groups is 1. The Bertz CT molecular complexity index is 414. The number of ether oxygens (including phenoxy) is 1. The smallest absolute Gasteiger partial charge is 0.142 e. The van der Waals surface area contributed by atoms with Crippen LogP contribution >= 0.6 is 11.6 Å². The Labute approximate surface area is 105 Å². The minimum atomic E-state index is -0.471. The first-order chi connectivity index (χ1) is 8.15. The summed E-state index contributed by atoms with van der Waals surface area (Å²) in [5.41, 5.74) is 0.677. The maximum absolute atomic E-state index is 13.2. The lowest BCUT2D eigenvalue weighted by atomic mass is 9.98. The minimum absolute atomic E-state index is 0.0883. The van der Waals surface area contributed by atoms with Crippen LogP contribution in [-0.4, -0.2) is 19.0 Å². The Balaban J connectivity index is 1.90. The summed E-state index contributed by atoms with van der Waals surface area (Å²) in [5, 5.41) is 0.0883. The van der Waals surface area contributed by atoms with Gasteiger partial charge >= 0.3 is 0 Å². The van der Waals surface area contributed by atoms with Crippen molar-refractivity contribution in [2.75, 3.05) is 13.2 Å². The Kier molecular flexibility index (Phi) is 4.13. The van der Waals surface area contributed by atoms with Gasteiger partial charge in [-0.05, 0) is 30.0 Å². The molecule has 0 bridgehead atoms. The summed E-state index contributed by atoms with van der Waals surface area (Å²) < 4.78 is 18.4. The molecule has 1 unspecified atom stereocenters. The molecule has 1 saturated heterocycles. The Hall–Kier alpha value is -0.930. The summed E-state index contributed by atoms with van der Waals surface area (Å²) in [6, 6.07) is 4.50. The standard InChI is InChI=1S/C13H14ClFO2/c14-12-2-1-9(7-13(12)15)5-11(16)6-10-3-4-17-8-10/h1-2,7,10H,3-6,8H2. The van der Waals surface area contributed by atoms with Gasteiger partial charge in [0.15, 0.2) is 0 Å². The van der Waals surface area contributed by atoms with Crippen LogP contribution in [0.2, 0.25) is 5.02 Å². The molecule has 0 aliphatic carbocycles. The van der Waals surface area contributed by atoms with E-state index >= 15 is 0 Å². The van der Waals surface area contributed by atoms with Crippen LogP contribution in [0.5, 0.6) is 0 Å². The largest absolute Gasteiger partial charge is 0.381 e. The molecule has 1 aromatic carbocycles. The molecule has 92 valence electrons. The van der Waals surface area contributed by atoms with Gasteiger partial charge in [-0.2, -0.15) is 0 Å². The third-order valence-corrected chi connectivity index (χ3v) is 3.23. The zero-order valence-corrected chi connectivity index (χ0v) is 10.2. The van der Waals surface area contributed by atoms with Gasteiger partial charge in [0, 0.05) is 26.1 Å². The van der Waals surface area contributed by atoms with Gasteiger partial charge in [0.1, 0.15) is 11.6 Å². The van der Waals surface area contributed by atoms with Crippen molar-refractivity contribution < 1.29 is 13.9 Å². The number of carbonyl (C=O) groups excluding carboxylic acids is 1. The number of hydrogen-bond donors (Lipinski definition) is 0. The summed E-state index contributed by atoms with van der Waals surface area (Å²) in [6.45, 7) is 1.41. The SMILES string of the molecule is O=C(Cc1ccc(Cl)c(F)c1)CC1CCOC1. The fraction of sp³-hybridized carbons (Fsp3) is 0.462. The first-order valence-corrected chi connectivity index (χ1v) is 6.06. The lowest BCUT2D eigenvalue weighted by molar-refractivity contribution is -0.119. The molecule has 2 nitrogen and oxygen atoms in total. The number of rotatable bonds is 4. The molecule has 17 heavy (non-hydrogen) atoms. The Morgan fingerprint density at radius 3 is 3.00 bits per heavy atom. The van der Waals surface area contributed by atoms with Crippen LogP contribution in [0.4, 0.5) is 4.39 Å². The molecule has 1 heterocycles. The summed E-state index contributed by atoms with van der Waals surface area (Å²) >= 11 is 5.58. The average Bonchev–Trinajstić information content (AvgIpc) is 2.76. The quantitative estimate of drug-likeness (QED) is 0.828. The molecule has 0 N–H and O–H groups in total. The van der Waals surface area contributed by atoms with Crippen molar-refractivity contribution in [2.24, 2.45) is 5.92 Å². The van der Waals surface area contributed by atoms with Crippen LogP contribution in [0.3, 0.4) is 0 Å². The highest BCUT2D eigenvalue weighted by molar-refractivity contribution is 6.30. The molecule has 1 aliphatic rings. The van der Waals surface area contributed by atoms with Crippen molar-refractivity contribution in [1.29, 1.82) is 0 Å². The van der Waals surface area contributed by atoms with Crippen LogP contribution < -0.4 is 0 Å². The highest BCUT2D eigenvalue weighted by Crippen LogP contribution is 2.19.